The molecular formula is C24H27ClF3N3O. The van der Waals surface area contributed by atoms with Gasteiger partial charge < -0.3 is 15.1 Å². The fraction of sp³-hybridized carbons (Fsp3) is 0.458. The number of rotatable bonds is 4. The highest BCUT2D eigenvalue weighted by Crippen LogP contribution is 2.40. The molecule has 1 fully saturated rings. The lowest BCUT2D eigenvalue weighted by Gasteiger charge is -2.50. The lowest BCUT2D eigenvalue weighted by atomic mass is 9.82. The molecule has 4 rings (SSSR count). The molecule has 2 aliphatic heterocycles. The number of hydrogen-bond acceptors (Lipinski definition) is 3. The van der Waals surface area contributed by atoms with Gasteiger partial charge in [0.1, 0.15) is 0 Å². The van der Waals surface area contributed by atoms with Gasteiger partial charge in [-0.25, -0.2) is 0 Å². The molecule has 0 aromatic heterocycles. The van der Waals surface area contributed by atoms with Crippen LogP contribution in [0.25, 0.3) is 0 Å². The van der Waals surface area contributed by atoms with Crippen LogP contribution in [-0.4, -0.2) is 37.6 Å². The second-order valence-electron chi connectivity index (χ2n) is 8.65. The fourth-order valence-electron chi connectivity index (χ4n) is 4.64. The molecule has 4 nitrogen and oxygen atoms in total. The Hall–Kier alpha value is -2.41. The first-order valence-electron chi connectivity index (χ1n) is 10.9. The first-order chi connectivity index (χ1) is 15.2. The molecule has 0 spiro atoms. The lowest BCUT2D eigenvalue weighted by Crippen LogP contribution is -2.61. The molecule has 3 atom stereocenters. The van der Waals surface area contributed by atoms with Crippen LogP contribution < -0.4 is 15.1 Å². The Labute approximate surface area is 191 Å². The minimum Gasteiger partial charge on any atom is -0.368 e. The summed E-state index contributed by atoms with van der Waals surface area (Å²) in [6.07, 6.45) is -3.33. The number of hydrogen-bond donors (Lipinski definition) is 1. The number of halogens is 4. The predicted molar refractivity (Wildman–Crippen MR) is 121 cm³/mol. The van der Waals surface area contributed by atoms with Crippen LogP contribution in [0, 0.1) is 5.92 Å². The van der Waals surface area contributed by atoms with E-state index in [9.17, 15) is 18.0 Å². The first kappa shape index (κ1) is 22.8. The smallest absolute Gasteiger partial charge is 0.368 e. The molecule has 8 heteroatoms. The van der Waals surface area contributed by atoms with Crippen molar-refractivity contribution in [3.8, 4) is 0 Å². The van der Waals surface area contributed by atoms with Crippen molar-refractivity contribution >= 4 is 28.9 Å². The van der Waals surface area contributed by atoms with E-state index in [1.54, 1.807) is 6.07 Å². The van der Waals surface area contributed by atoms with Crippen LogP contribution in [0.4, 0.5) is 24.5 Å². The normalized spacial score (nSPS) is 21.6. The fourth-order valence-corrected chi connectivity index (χ4v) is 4.76. The van der Waals surface area contributed by atoms with E-state index in [4.69, 9.17) is 11.6 Å². The second kappa shape index (κ2) is 8.85. The topological polar surface area (TPSA) is 35.6 Å². The average molecular weight is 466 g/mol. The monoisotopic (exact) mass is 465 g/mol. The molecule has 172 valence electrons. The maximum Gasteiger partial charge on any atom is 0.416 e. The molecule has 0 saturated carbocycles. The Morgan fingerprint density at radius 1 is 1.19 bits per heavy atom. The molecule has 0 bridgehead atoms. The molecule has 1 saturated heterocycles. The molecular weight excluding hydrogens is 439 g/mol. The van der Waals surface area contributed by atoms with Crippen molar-refractivity contribution in [1.29, 1.82) is 0 Å². The highest BCUT2D eigenvalue weighted by Gasteiger charge is 2.43. The maximum absolute atomic E-state index is 13.3. The number of nitrogens with zero attached hydrogens (tertiary/aromatic N) is 2. The number of amides is 1. The van der Waals surface area contributed by atoms with E-state index < -0.39 is 17.7 Å². The van der Waals surface area contributed by atoms with Crippen molar-refractivity contribution in [2.24, 2.45) is 5.92 Å². The zero-order valence-corrected chi connectivity index (χ0v) is 18.9. The minimum absolute atomic E-state index is 0.00909. The number of alkyl halides is 3. The van der Waals surface area contributed by atoms with Gasteiger partial charge in [0.25, 0.3) is 0 Å². The Balaban J connectivity index is 1.67. The summed E-state index contributed by atoms with van der Waals surface area (Å²) < 4.78 is 40.0. The van der Waals surface area contributed by atoms with E-state index in [-0.39, 0.29) is 24.4 Å². The average Bonchev–Trinajstić information content (AvgIpc) is 2.77. The first-order valence-corrected chi connectivity index (χ1v) is 11.3. The maximum atomic E-state index is 13.3. The molecule has 2 heterocycles. The standard InChI is InChI=1S/C24H27ClF3N3O/c1-3-15(2)29-23(32)20-13-16-12-17(24(26,27)28)4-9-21(16)31-11-10-30(14-22(20)31)19-7-5-18(25)6-8-19/h4-9,12,15,20,22H,3,10-11,13-14H2,1-2H3,(H,29,32). The van der Waals surface area contributed by atoms with Crippen molar-refractivity contribution < 1.29 is 18.0 Å². The largest absolute Gasteiger partial charge is 0.416 e. The van der Waals surface area contributed by atoms with Crippen LogP contribution in [0.3, 0.4) is 0 Å². The van der Waals surface area contributed by atoms with E-state index in [1.165, 1.54) is 6.07 Å². The van der Waals surface area contributed by atoms with Gasteiger partial charge in [0.05, 0.1) is 17.5 Å². The quantitative estimate of drug-likeness (QED) is 0.679. The third-order valence-electron chi connectivity index (χ3n) is 6.57. The number of carbonyl (C=O) groups excluding carboxylic acids is 1. The van der Waals surface area contributed by atoms with Crippen molar-refractivity contribution in [2.45, 2.75) is 44.9 Å². The van der Waals surface area contributed by atoms with E-state index >= 15 is 0 Å². The van der Waals surface area contributed by atoms with Crippen molar-refractivity contribution in [3.05, 3.63) is 58.6 Å². The van der Waals surface area contributed by atoms with Gasteiger partial charge in [-0.05, 0) is 67.8 Å². The summed E-state index contributed by atoms with van der Waals surface area (Å²) in [5, 5.41) is 3.70. The van der Waals surface area contributed by atoms with Crippen molar-refractivity contribution in [3.63, 3.8) is 0 Å². The second-order valence-corrected chi connectivity index (χ2v) is 9.09. The zero-order valence-electron chi connectivity index (χ0n) is 18.1. The van der Waals surface area contributed by atoms with Gasteiger partial charge in [-0.2, -0.15) is 13.2 Å². The van der Waals surface area contributed by atoms with Gasteiger partial charge in [0.2, 0.25) is 5.91 Å². The summed E-state index contributed by atoms with van der Waals surface area (Å²) >= 11 is 6.03. The third-order valence-corrected chi connectivity index (χ3v) is 6.82. The zero-order chi connectivity index (χ0) is 23.0. The highest BCUT2D eigenvalue weighted by atomic mass is 35.5. The number of benzene rings is 2. The molecule has 0 radical (unpaired) electrons. The van der Waals surface area contributed by atoms with Gasteiger partial charge in [-0.15, -0.1) is 0 Å². The van der Waals surface area contributed by atoms with E-state index in [0.717, 1.165) is 23.9 Å². The van der Waals surface area contributed by atoms with Crippen LogP contribution in [-0.2, 0) is 17.4 Å². The molecule has 32 heavy (non-hydrogen) atoms. The number of carbonyl (C=O) groups is 1. The molecule has 2 aromatic carbocycles. The summed E-state index contributed by atoms with van der Waals surface area (Å²) in [4.78, 5) is 17.5. The lowest BCUT2D eigenvalue weighted by molar-refractivity contribution is -0.137. The van der Waals surface area contributed by atoms with Gasteiger partial charge >= 0.3 is 6.18 Å². The van der Waals surface area contributed by atoms with E-state index in [2.05, 4.69) is 15.1 Å². The Bertz CT molecular complexity index is 979. The molecule has 1 amide bonds. The molecule has 0 aliphatic carbocycles. The van der Waals surface area contributed by atoms with Gasteiger partial charge in [-0.3, -0.25) is 4.79 Å². The number of nitrogens with one attached hydrogen (secondary N) is 1. The molecule has 3 unspecified atom stereocenters. The molecule has 2 aromatic rings. The van der Waals surface area contributed by atoms with Crippen LogP contribution in [0.15, 0.2) is 42.5 Å². The van der Waals surface area contributed by atoms with Crippen LogP contribution in [0.1, 0.15) is 31.4 Å². The Morgan fingerprint density at radius 3 is 2.56 bits per heavy atom. The molecule has 1 N–H and O–H groups in total. The number of fused-ring (bicyclic) bond motifs is 3. The summed E-state index contributed by atoms with van der Waals surface area (Å²) in [5.41, 5.74) is 1.73. The van der Waals surface area contributed by atoms with Crippen molar-refractivity contribution in [2.75, 3.05) is 29.4 Å². The van der Waals surface area contributed by atoms with Gasteiger partial charge in [0, 0.05) is 42.1 Å². The Kier molecular flexibility index (Phi) is 6.30. The number of anilines is 2. The predicted octanol–water partition coefficient (Wildman–Crippen LogP) is 5.14. The Morgan fingerprint density at radius 2 is 1.91 bits per heavy atom. The van der Waals surface area contributed by atoms with Crippen molar-refractivity contribution in [1.82, 2.24) is 5.32 Å². The minimum atomic E-state index is -4.41. The van der Waals surface area contributed by atoms with E-state index in [0.29, 0.717) is 30.2 Å². The number of piperazine rings is 1. The highest BCUT2D eigenvalue weighted by molar-refractivity contribution is 6.30. The molecule has 2 aliphatic rings. The third kappa shape index (κ3) is 4.53. The van der Waals surface area contributed by atoms with Gasteiger partial charge in [-0.1, -0.05) is 18.5 Å². The van der Waals surface area contributed by atoms with Crippen LogP contribution in [0.5, 0.6) is 0 Å². The summed E-state index contributed by atoms with van der Waals surface area (Å²) in [6.45, 7) is 5.87. The SMILES string of the molecule is CCC(C)NC(=O)C1Cc2cc(C(F)(F)F)ccc2N2CCN(c3ccc(Cl)cc3)CC12. The van der Waals surface area contributed by atoms with E-state index in [1.807, 2.05) is 38.1 Å². The van der Waals surface area contributed by atoms with Crippen LogP contribution >= 0.6 is 11.6 Å². The van der Waals surface area contributed by atoms with Crippen LogP contribution in [0.2, 0.25) is 5.02 Å². The summed E-state index contributed by atoms with van der Waals surface area (Å²) in [5.74, 6) is -0.537. The summed E-state index contributed by atoms with van der Waals surface area (Å²) in [6, 6.07) is 11.4. The summed E-state index contributed by atoms with van der Waals surface area (Å²) in [7, 11) is 0. The van der Waals surface area contributed by atoms with Gasteiger partial charge in [0.15, 0.2) is 0 Å².